The number of ether oxygens (including phenoxy) is 6. The van der Waals surface area contributed by atoms with E-state index < -0.39 is 118 Å². The molecule has 0 radical (unpaired) electrons. The Labute approximate surface area is 392 Å². The maximum atomic E-state index is 15.3. The van der Waals surface area contributed by atoms with E-state index >= 15 is 4.79 Å². The molecule has 5 rings (SSSR count). The normalized spacial score (nSPS) is 45.2. The summed E-state index contributed by atoms with van der Waals surface area (Å²) in [4.78, 5) is 51.3. The molecule has 17 nitrogen and oxygen atoms in total. The molecule has 4 aliphatic heterocycles. The molecule has 4 fully saturated rings. The number of likely N-dealkylation sites (N-methyl/N-ethyl adjacent to an activating group) is 2. The van der Waals surface area contributed by atoms with E-state index in [1.54, 1.807) is 55.6 Å². The summed E-state index contributed by atoms with van der Waals surface area (Å²) in [7, 11) is 6.94. The molecule has 1 aliphatic carbocycles. The van der Waals surface area contributed by atoms with Crippen molar-refractivity contribution in [2.75, 3.05) is 28.3 Å². The first-order valence-electron chi connectivity index (χ1n) is 24.1. The molecule has 0 aromatic carbocycles. The fourth-order valence-electron chi connectivity index (χ4n) is 12.3. The van der Waals surface area contributed by atoms with Gasteiger partial charge >= 0.3 is 5.97 Å². The number of esters is 1. The van der Waals surface area contributed by atoms with Crippen LogP contribution < -0.4 is 0 Å². The zero-order chi connectivity index (χ0) is 49.6. The van der Waals surface area contributed by atoms with Crippen LogP contribution in [0.3, 0.4) is 0 Å². The highest BCUT2D eigenvalue weighted by atomic mass is 17.0. The minimum absolute atomic E-state index is 0.0375. The van der Waals surface area contributed by atoms with Gasteiger partial charge in [0.1, 0.15) is 17.8 Å². The average Bonchev–Trinajstić information content (AvgIpc) is 3.51. The van der Waals surface area contributed by atoms with Gasteiger partial charge in [-0.05, 0) is 127 Å². The van der Waals surface area contributed by atoms with Crippen molar-refractivity contribution in [3.63, 3.8) is 0 Å². The maximum Gasteiger partial charge on any atom is 0.311 e. The van der Waals surface area contributed by atoms with Gasteiger partial charge in [-0.1, -0.05) is 44.1 Å². The summed E-state index contributed by atoms with van der Waals surface area (Å²) < 4.78 is 38.5. The highest BCUT2D eigenvalue weighted by Crippen LogP contribution is 2.52. The second-order valence-corrected chi connectivity index (χ2v) is 21.6. The smallest absolute Gasteiger partial charge is 0.311 e. The van der Waals surface area contributed by atoms with Crippen LogP contribution in [0.2, 0.25) is 0 Å². The van der Waals surface area contributed by atoms with Crippen LogP contribution in [0.5, 0.6) is 0 Å². The quantitative estimate of drug-likeness (QED) is 0.0847. The second-order valence-electron chi connectivity index (χ2n) is 21.6. The zero-order valence-electron chi connectivity index (χ0n) is 42.4. The number of hydrogen-bond donors (Lipinski definition) is 3. The Kier molecular flexibility index (Phi) is 17.1. The SMILES string of the molecule is C=C(CC(=O)C12C[C@H](C(C)N1C)[C@](C)(O)[C@@H](CC)OC(=O)C(C)[C@@H](OC1C[C@@](C)(OC)C(O)[C@H](C)O1)[C@H](C)[C@@H](OC1OC(C)CC(N(C)C)[C@H]1O[N+](=O)[O-])[C@](C)(O)C[C@H]2C)CC1=C(C)CC1. The van der Waals surface area contributed by atoms with Gasteiger partial charge in [0.05, 0.1) is 47.1 Å². The fraction of sp³-hybridized carbons (Fsp3) is 0.878. The number of allylic oxidation sites excluding steroid dienone is 3. The Bertz CT molecular complexity index is 1790. The van der Waals surface area contributed by atoms with Crippen molar-refractivity contribution < 1.29 is 63.3 Å². The van der Waals surface area contributed by atoms with Gasteiger partial charge in [0.15, 0.2) is 24.5 Å². The summed E-state index contributed by atoms with van der Waals surface area (Å²) in [6, 6.07) is -0.912. The Morgan fingerprint density at radius 1 is 1.02 bits per heavy atom. The molecule has 8 unspecified atom stereocenters. The Hall–Kier alpha value is -2.58. The lowest BCUT2D eigenvalue weighted by Gasteiger charge is -2.50. The third-order valence-corrected chi connectivity index (χ3v) is 16.7. The molecule has 0 saturated carbocycles. The molecule has 4 saturated heterocycles. The number of fused-ring (bicyclic) bond motifs is 2. The van der Waals surface area contributed by atoms with E-state index in [1.165, 1.54) is 18.3 Å². The molecule has 0 aromatic rings. The third-order valence-electron chi connectivity index (χ3n) is 16.7. The number of aliphatic hydroxyl groups excluding tert-OH is 1. The van der Waals surface area contributed by atoms with Gasteiger partial charge in [-0.25, -0.2) is 0 Å². The van der Waals surface area contributed by atoms with E-state index in [2.05, 4.69) is 13.5 Å². The van der Waals surface area contributed by atoms with Gasteiger partial charge in [0.25, 0.3) is 5.09 Å². The molecule has 5 aliphatic rings. The Balaban J connectivity index is 1.69. The van der Waals surface area contributed by atoms with Gasteiger partial charge < -0.3 is 53.5 Å². The molecule has 378 valence electrons. The first-order chi connectivity index (χ1) is 30.6. The van der Waals surface area contributed by atoms with Crippen molar-refractivity contribution >= 4 is 11.8 Å². The zero-order valence-corrected chi connectivity index (χ0v) is 42.4. The van der Waals surface area contributed by atoms with Gasteiger partial charge in [0.2, 0.25) is 0 Å². The van der Waals surface area contributed by atoms with E-state index in [0.29, 0.717) is 12.8 Å². The molecular formula is C49H83N3O14. The number of likely N-dealkylation sites (tertiary alicyclic amines) is 1. The van der Waals surface area contributed by atoms with Crippen LogP contribution >= 0.6 is 0 Å². The number of hydrogen-bond acceptors (Lipinski definition) is 16. The molecule has 19 atom stereocenters. The molecule has 0 spiro atoms. The lowest BCUT2D eigenvalue weighted by atomic mass is 9.67. The van der Waals surface area contributed by atoms with E-state index in [0.717, 1.165) is 18.4 Å². The number of cyclic esters (lactones) is 1. The molecule has 3 N–H and O–H groups in total. The van der Waals surface area contributed by atoms with Crippen LogP contribution in [-0.2, 0) is 42.8 Å². The standard InChI is InChI=1S/C49H83N3O14/c1-17-38-48(12,57)35-24-49(51(15)32(35)8,37(53)21-26(2)20-34-19-18-27(34)3)28(4)23-46(10,56)43(65-45-41(66-52(58)59)36(50(13)14)22-29(5)61-45)30(6)40(31(7)44(55)63-38)64-39-25-47(11,60-16)42(54)33(9)62-39/h28-33,35-36,38-43,45,54,56-57H,2,17-25H2,1,3-16H3/t28-,29?,30+,31?,32?,33+,35-,36?,38-,39?,40+,41-,42?,43-,45?,46-,47-,48+,49?/m1/s1. The molecule has 0 aromatic heterocycles. The topological polar surface area (TPSA) is 209 Å². The van der Waals surface area contributed by atoms with Crippen molar-refractivity contribution in [2.45, 2.75) is 224 Å². The number of ketones is 1. The number of rotatable bonds is 14. The maximum absolute atomic E-state index is 15.3. The molecule has 66 heavy (non-hydrogen) atoms. The average molecular weight is 938 g/mol. The molecular weight excluding hydrogens is 855 g/mol. The van der Waals surface area contributed by atoms with Crippen molar-refractivity contribution in [2.24, 2.45) is 23.7 Å². The lowest BCUT2D eigenvalue weighted by molar-refractivity contribution is -0.775. The number of carbonyl (C=O) groups is 2. The summed E-state index contributed by atoms with van der Waals surface area (Å²) in [6.07, 6.45) is -5.73. The van der Waals surface area contributed by atoms with Crippen molar-refractivity contribution in [1.29, 1.82) is 0 Å². The monoisotopic (exact) mass is 938 g/mol. The van der Waals surface area contributed by atoms with Gasteiger partial charge in [0, 0.05) is 43.9 Å². The Morgan fingerprint density at radius 2 is 1.67 bits per heavy atom. The first kappa shape index (κ1) is 54.4. The van der Waals surface area contributed by atoms with Crippen LogP contribution in [0.1, 0.15) is 134 Å². The summed E-state index contributed by atoms with van der Waals surface area (Å²) >= 11 is 0. The van der Waals surface area contributed by atoms with Gasteiger partial charge in [-0.3, -0.25) is 14.5 Å². The van der Waals surface area contributed by atoms with Crippen LogP contribution in [0.15, 0.2) is 23.3 Å². The fourth-order valence-corrected chi connectivity index (χ4v) is 12.3. The van der Waals surface area contributed by atoms with E-state index in [4.69, 9.17) is 33.3 Å². The predicted octanol–water partition coefficient (Wildman–Crippen LogP) is 5.53. The number of carbonyl (C=O) groups excluding carboxylic acids is 2. The van der Waals surface area contributed by atoms with Crippen molar-refractivity contribution in [3.05, 3.63) is 33.4 Å². The van der Waals surface area contributed by atoms with Crippen LogP contribution in [0, 0.1) is 33.8 Å². The van der Waals surface area contributed by atoms with Crippen molar-refractivity contribution in [3.8, 4) is 0 Å². The lowest BCUT2D eigenvalue weighted by Crippen LogP contribution is -2.62. The second kappa shape index (κ2) is 20.8. The van der Waals surface area contributed by atoms with Gasteiger partial charge in [-0.15, -0.1) is 10.1 Å². The predicted molar refractivity (Wildman–Crippen MR) is 245 cm³/mol. The number of methoxy groups -OCH3 is 1. The molecule has 2 bridgehead atoms. The van der Waals surface area contributed by atoms with E-state index in [1.807, 2.05) is 44.5 Å². The van der Waals surface area contributed by atoms with E-state index in [-0.39, 0.29) is 43.9 Å². The number of Topliss-reactive ketones (excluding diaryl/α,β-unsaturated/α-hetero) is 1. The number of aliphatic hydroxyl groups is 3. The van der Waals surface area contributed by atoms with Crippen LogP contribution in [-0.4, -0.2) is 160 Å². The first-order valence-corrected chi connectivity index (χ1v) is 24.1. The van der Waals surface area contributed by atoms with E-state index in [9.17, 15) is 30.2 Å². The molecule has 4 heterocycles. The van der Waals surface area contributed by atoms with Crippen LogP contribution in [0.25, 0.3) is 0 Å². The molecule has 17 heteroatoms. The minimum atomic E-state index is -1.86. The largest absolute Gasteiger partial charge is 0.459 e. The van der Waals surface area contributed by atoms with Crippen molar-refractivity contribution in [1.82, 2.24) is 9.80 Å². The van der Waals surface area contributed by atoms with Gasteiger partial charge in [-0.2, -0.15) is 0 Å². The summed E-state index contributed by atoms with van der Waals surface area (Å²) in [5.74, 6) is -3.96. The molecule has 0 amide bonds. The summed E-state index contributed by atoms with van der Waals surface area (Å²) in [5.41, 5.74) is -2.41. The summed E-state index contributed by atoms with van der Waals surface area (Å²) in [6.45, 7) is 24.2. The highest BCUT2D eigenvalue weighted by molar-refractivity contribution is 5.91. The minimum Gasteiger partial charge on any atom is -0.459 e. The third kappa shape index (κ3) is 10.8. The highest BCUT2D eigenvalue weighted by Gasteiger charge is 2.62. The van der Waals surface area contributed by atoms with Crippen LogP contribution in [0.4, 0.5) is 0 Å². The number of nitrogens with zero attached hydrogens (tertiary/aromatic N) is 3. The Morgan fingerprint density at radius 3 is 2.21 bits per heavy atom. The summed E-state index contributed by atoms with van der Waals surface area (Å²) in [5, 5.41) is 48.4.